The van der Waals surface area contributed by atoms with Crippen molar-refractivity contribution < 1.29 is 33.7 Å². The van der Waals surface area contributed by atoms with Crippen LogP contribution in [0.4, 0.5) is 0 Å². The van der Waals surface area contributed by atoms with E-state index < -0.39 is 46.4 Å². The fourth-order valence-electron chi connectivity index (χ4n) is 7.85. The summed E-state index contributed by atoms with van der Waals surface area (Å²) in [5, 5.41) is 22.9. The lowest BCUT2D eigenvalue weighted by molar-refractivity contribution is -0.222. The molecule has 1 saturated carbocycles. The van der Waals surface area contributed by atoms with Crippen LogP contribution in [-0.4, -0.2) is 53.0 Å². The molecular formula is C26H32O7. The van der Waals surface area contributed by atoms with Gasteiger partial charge >= 0.3 is 5.97 Å². The molecule has 9 atom stereocenters. The molecule has 0 spiro atoms. The molecule has 0 aromatic carbocycles. The zero-order valence-electron chi connectivity index (χ0n) is 19.7. The van der Waals surface area contributed by atoms with Crippen molar-refractivity contribution in [2.45, 2.75) is 70.4 Å². The van der Waals surface area contributed by atoms with Crippen molar-refractivity contribution in [3.05, 3.63) is 47.5 Å². The summed E-state index contributed by atoms with van der Waals surface area (Å²) in [5.41, 5.74) is -0.168. The molecule has 1 aromatic heterocycles. The summed E-state index contributed by atoms with van der Waals surface area (Å²) in [6.45, 7) is 7.46. The van der Waals surface area contributed by atoms with Gasteiger partial charge in [0.1, 0.15) is 0 Å². The lowest BCUT2D eigenvalue weighted by atomic mass is 9.43. The number of ether oxygens (including phenoxy) is 2. The summed E-state index contributed by atoms with van der Waals surface area (Å²) in [6, 6.07) is 1.95. The maximum Gasteiger partial charge on any atom is 0.305 e. The SMILES string of the molecule is COC(=O)C[C@H]1[C@]2(C)C3=C(C)[C@H](c4ccoc4)C[C@H]3O[C@@H]2[C@H](O)[C@@H]2[C@]1(C)C(=O)C=C[C@@]2(C)O. The molecule has 0 bridgehead atoms. The summed E-state index contributed by atoms with van der Waals surface area (Å²) in [6.07, 6.45) is 4.95. The first kappa shape index (κ1) is 22.6. The Kier molecular flexibility index (Phi) is 4.88. The van der Waals surface area contributed by atoms with Gasteiger partial charge in [0.05, 0.1) is 50.0 Å². The molecule has 2 heterocycles. The minimum atomic E-state index is -1.43. The van der Waals surface area contributed by atoms with Gasteiger partial charge in [-0.15, -0.1) is 0 Å². The van der Waals surface area contributed by atoms with E-state index in [-0.39, 0.29) is 24.2 Å². The average Bonchev–Trinajstić information content (AvgIpc) is 3.45. The van der Waals surface area contributed by atoms with Crippen LogP contribution in [0.1, 0.15) is 52.0 Å². The first-order valence-electron chi connectivity index (χ1n) is 11.6. The fourth-order valence-corrected chi connectivity index (χ4v) is 7.85. The van der Waals surface area contributed by atoms with E-state index in [0.29, 0.717) is 6.42 Å². The van der Waals surface area contributed by atoms with E-state index in [4.69, 9.17) is 13.9 Å². The standard InChI is InChI=1S/C26H32O7/c1-13-15(14-7-9-32-12-14)10-16-20(13)26(4)17(11-19(28)31-5)25(3)18(27)6-8-24(2,30)22(25)21(29)23(26)33-16/h6-9,12,15-17,21-23,29-30H,10-11H2,1-5H3/t15-,16-,17-,21-,22+,23-,24-,25+,26-/m1/s1. The van der Waals surface area contributed by atoms with Gasteiger partial charge in [-0.25, -0.2) is 0 Å². The molecule has 2 N–H and O–H groups in total. The van der Waals surface area contributed by atoms with Gasteiger partial charge in [0, 0.05) is 22.7 Å². The molecule has 3 aliphatic carbocycles. The predicted octanol–water partition coefficient (Wildman–Crippen LogP) is 2.92. The van der Waals surface area contributed by atoms with Gasteiger partial charge in [-0.2, -0.15) is 0 Å². The van der Waals surface area contributed by atoms with E-state index in [1.54, 1.807) is 26.4 Å². The predicted molar refractivity (Wildman–Crippen MR) is 118 cm³/mol. The topological polar surface area (TPSA) is 106 Å². The second-order valence-corrected chi connectivity index (χ2v) is 10.8. The van der Waals surface area contributed by atoms with Gasteiger partial charge < -0.3 is 24.1 Å². The van der Waals surface area contributed by atoms with Crippen LogP contribution < -0.4 is 0 Å². The third-order valence-corrected chi connectivity index (χ3v) is 9.22. The molecule has 0 radical (unpaired) electrons. The van der Waals surface area contributed by atoms with E-state index in [0.717, 1.165) is 16.7 Å². The van der Waals surface area contributed by atoms with Crippen molar-refractivity contribution in [1.82, 2.24) is 0 Å². The largest absolute Gasteiger partial charge is 0.472 e. The molecule has 1 aliphatic heterocycles. The molecule has 0 amide bonds. The Morgan fingerprint density at radius 3 is 2.64 bits per heavy atom. The molecule has 5 rings (SSSR count). The second-order valence-electron chi connectivity index (χ2n) is 10.8. The smallest absolute Gasteiger partial charge is 0.305 e. The monoisotopic (exact) mass is 456 g/mol. The van der Waals surface area contributed by atoms with E-state index in [9.17, 15) is 19.8 Å². The molecule has 1 aromatic rings. The van der Waals surface area contributed by atoms with Crippen LogP contribution in [0.15, 0.2) is 46.3 Å². The van der Waals surface area contributed by atoms with Crippen LogP contribution in [0.2, 0.25) is 0 Å². The van der Waals surface area contributed by atoms with E-state index >= 15 is 0 Å². The molecule has 33 heavy (non-hydrogen) atoms. The number of carbonyl (C=O) groups is 2. The molecule has 178 valence electrons. The minimum Gasteiger partial charge on any atom is -0.472 e. The number of fused-ring (bicyclic) bond motifs is 4. The first-order chi connectivity index (χ1) is 15.5. The van der Waals surface area contributed by atoms with Gasteiger partial charge in [0.15, 0.2) is 5.78 Å². The Bertz CT molecular complexity index is 1050. The molecule has 0 unspecified atom stereocenters. The van der Waals surface area contributed by atoms with Crippen LogP contribution >= 0.6 is 0 Å². The molecule has 2 fully saturated rings. The number of carbonyl (C=O) groups excluding carboxylic acids is 2. The van der Waals surface area contributed by atoms with Gasteiger partial charge in [0.2, 0.25) is 0 Å². The number of rotatable bonds is 3. The van der Waals surface area contributed by atoms with Crippen molar-refractivity contribution in [3.8, 4) is 0 Å². The van der Waals surface area contributed by atoms with Gasteiger partial charge in [-0.3, -0.25) is 9.59 Å². The van der Waals surface area contributed by atoms with Crippen LogP contribution in [0.5, 0.6) is 0 Å². The zero-order chi connectivity index (χ0) is 23.9. The van der Waals surface area contributed by atoms with Crippen molar-refractivity contribution in [3.63, 3.8) is 0 Å². The van der Waals surface area contributed by atoms with Crippen molar-refractivity contribution in [1.29, 1.82) is 0 Å². The Hall–Kier alpha value is -2.22. The van der Waals surface area contributed by atoms with Gasteiger partial charge in [0.25, 0.3) is 0 Å². The van der Waals surface area contributed by atoms with Crippen LogP contribution in [-0.2, 0) is 19.1 Å². The van der Waals surface area contributed by atoms with Crippen molar-refractivity contribution in [2.75, 3.05) is 7.11 Å². The maximum absolute atomic E-state index is 13.5. The van der Waals surface area contributed by atoms with Crippen molar-refractivity contribution >= 4 is 11.8 Å². The van der Waals surface area contributed by atoms with E-state index in [1.807, 2.05) is 13.0 Å². The first-order valence-corrected chi connectivity index (χ1v) is 11.6. The third-order valence-electron chi connectivity index (χ3n) is 9.22. The van der Waals surface area contributed by atoms with Crippen LogP contribution in [0, 0.1) is 22.7 Å². The highest BCUT2D eigenvalue weighted by Gasteiger charge is 2.73. The Labute approximate surface area is 193 Å². The second kappa shape index (κ2) is 7.14. The lowest BCUT2D eigenvalue weighted by Crippen LogP contribution is -2.69. The summed E-state index contributed by atoms with van der Waals surface area (Å²) in [5.74, 6) is -1.87. The van der Waals surface area contributed by atoms with E-state index in [2.05, 4.69) is 6.92 Å². The zero-order valence-corrected chi connectivity index (χ0v) is 19.7. The number of ketones is 1. The summed E-state index contributed by atoms with van der Waals surface area (Å²) < 4.78 is 16.9. The molecule has 1 saturated heterocycles. The maximum atomic E-state index is 13.5. The third kappa shape index (κ3) is 2.79. The summed E-state index contributed by atoms with van der Waals surface area (Å²) >= 11 is 0. The highest BCUT2D eigenvalue weighted by Crippen LogP contribution is 2.68. The number of methoxy groups -OCH3 is 1. The molecular weight excluding hydrogens is 424 g/mol. The molecule has 7 heteroatoms. The number of hydrogen-bond acceptors (Lipinski definition) is 7. The summed E-state index contributed by atoms with van der Waals surface area (Å²) in [7, 11) is 1.33. The van der Waals surface area contributed by atoms with Gasteiger partial charge in [-0.05, 0) is 55.5 Å². The number of furan rings is 1. The molecule has 4 aliphatic rings. The Balaban J connectivity index is 1.71. The van der Waals surface area contributed by atoms with Gasteiger partial charge in [-0.1, -0.05) is 19.4 Å². The molecule has 7 nitrogen and oxygen atoms in total. The lowest BCUT2D eigenvalue weighted by Gasteiger charge is -2.61. The van der Waals surface area contributed by atoms with Crippen LogP contribution in [0.3, 0.4) is 0 Å². The summed E-state index contributed by atoms with van der Waals surface area (Å²) in [4.78, 5) is 26.1. The number of hydrogen-bond donors (Lipinski definition) is 2. The average molecular weight is 457 g/mol. The highest BCUT2D eigenvalue weighted by molar-refractivity contribution is 5.97. The van der Waals surface area contributed by atoms with Crippen molar-refractivity contribution in [2.24, 2.45) is 22.7 Å². The number of allylic oxidation sites excluding steroid dienone is 2. The fraction of sp³-hybridized carbons (Fsp3) is 0.615. The minimum absolute atomic E-state index is 0.0118. The highest BCUT2D eigenvalue weighted by atomic mass is 16.5. The normalized spacial score (nSPS) is 46.2. The Morgan fingerprint density at radius 2 is 2.00 bits per heavy atom. The van der Waals surface area contributed by atoms with Crippen LogP contribution in [0.25, 0.3) is 0 Å². The number of esters is 1. The number of aliphatic hydroxyl groups excluding tert-OH is 1. The number of aliphatic hydroxyl groups is 2. The van der Waals surface area contributed by atoms with E-state index in [1.165, 1.54) is 19.3 Å². The Morgan fingerprint density at radius 1 is 1.27 bits per heavy atom. The quantitative estimate of drug-likeness (QED) is 0.532.